The molecule has 3 aromatic rings. The summed E-state index contributed by atoms with van der Waals surface area (Å²) in [6, 6.07) is 5.35. The third-order valence-electron chi connectivity index (χ3n) is 3.94. The number of rotatable bonds is 5. The minimum Gasteiger partial charge on any atom is -0.420 e. The molecule has 140 valence electrons. The Morgan fingerprint density at radius 3 is 2.63 bits per heavy atom. The number of hydrogen-bond acceptors (Lipinski definition) is 8. The highest BCUT2D eigenvalue weighted by molar-refractivity contribution is 5.95. The molecule has 0 saturated heterocycles. The first-order chi connectivity index (χ1) is 12.9. The van der Waals surface area contributed by atoms with Gasteiger partial charge < -0.3 is 20.8 Å². The van der Waals surface area contributed by atoms with Gasteiger partial charge in [-0.3, -0.25) is 4.79 Å². The Labute approximate surface area is 156 Å². The van der Waals surface area contributed by atoms with Crippen LogP contribution in [0.1, 0.15) is 41.6 Å². The van der Waals surface area contributed by atoms with Gasteiger partial charge in [0.1, 0.15) is 5.82 Å². The monoisotopic (exact) mass is 367 g/mol. The summed E-state index contributed by atoms with van der Waals surface area (Å²) in [5.41, 5.74) is 8.69. The number of anilines is 3. The molecule has 0 spiro atoms. The number of nitrogens with two attached hydrogens (primary N) is 1. The Bertz CT molecular complexity index is 982. The highest BCUT2D eigenvalue weighted by Gasteiger charge is 2.16. The summed E-state index contributed by atoms with van der Waals surface area (Å²) >= 11 is 0. The van der Waals surface area contributed by atoms with Crippen molar-refractivity contribution in [3.63, 3.8) is 0 Å². The van der Waals surface area contributed by atoms with Crippen molar-refractivity contribution in [3.8, 4) is 11.5 Å². The minimum atomic E-state index is -0.135. The second-order valence-corrected chi connectivity index (χ2v) is 6.33. The van der Waals surface area contributed by atoms with E-state index in [0.29, 0.717) is 23.0 Å². The van der Waals surface area contributed by atoms with Crippen LogP contribution in [0, 0.1) is 6.92 Å². The van der Waals surface area contributed by atoms with Crippen LogP contribution in [0.3, 0.4) is 0 Å². The number of benzene rings is 1. The van der Waals surface area contributed by atoms with Crippen LogP contribution in [0.5, 0.6) is 0 Å². The number of aromatic nitrogens is 4. The molecule has 0 radical (unpaired) electrons. The van der Waals surface area contributed by atoms with E-state index in [9.17, 15) is 4.79 Å². The number of hydrogen-bond donors (Lipinski definition) is 3. The van der Waals surface area contributed by atoms with E-state index in [0.717, 1.165) is 11.3 Å². The zero-order valence-corrected chi connectivity index (χ0v) is 15.6. The van der Waals surface area contributed by atoms with Crippen molar-refractivity contribution in [3.05, 3.63) is 41.4 Å². The molecule has 0 unspecified atom stereocenters. The van der Waals surface area contributed by atoms with Crippen molar-refractivity contribution in [2.75, 3.05) is 18.1 Å². The van der Waals surface area contributed by atoms with E-state index < -0.39 is 0 Å². The molecule has 9 nitrogen and oxygen atoms in total. The van der Waals surface area contributed by atoms with Crippen molar-refractivity contribution in [2.24, 2.45) is 0 Å². The van der Waals surface area contributed by atoms with Gasteiger partial charge in [-0.25, -0.2) is 4.98 Å². The van der Waals surface area contributed by atoms with Gasteiger partial charge in [-0.1, -0.05) is 13.8 Å². The molecule has 0 fully saturated rings. The van der Waals surface area contributed by atoms with Crippen molar-refractivity contribution < 1.29 is 9.21 Å². The molecule has 0 bridgehead atoms. The molecular formula is C18H21N7O2. The Hall–Kier alpha value is -3.49. The highest BCUT2D eigenvalue weighted by atomic mass is 16.4. The highest BCUT2D eigenvalue weighted by Crippen LogP contribution is 2.26. The average molecular weight is 367 g/mol. The summed E-state index contributed by atoms with van der Waals surface area (Å²) in [4.78, 5) is 20.3. The first kappa shape index (κ1) is 18.3. The molecule has 0 aliphatic heterocycles. The van der Waals surface area contributed by atoms with Crippen LogP contribution < -0.4 is 16.4 Å². The van der Waals surface area contributed by atoms with Crippen LogP contribution in [0.4, 0.5) is 17.5 Å². The number of nitrogen functional groups attached to an aromatic ring is 1. The molecule has 0 aliphatic carbocycles. The number of carbonyl (C=O) groups is 1. The Balaban J connectivity index is 1.81. The number of carbonyl (C=O) groups excluding carboxylic acids is 1. The second-order valence-electron chi connectivity index (χ2n) is 6.33. The lowest BCUT2D eigenvalue weighted by molar-refractivity contribution is 0.0962. The zero-order valence-electron chi connectivity index (χ0n) is 15.6. The fourth-order valence-electron chi connectivity index (χ4n) is 2.46. The van der Waals surface area contributed by atoms with Gasteiger partial charge in [0.25, 0.3) is 11.8 Å². The Kier molecular flexibility index (Phi) is 5.02. The Morgan fingerprint density at radius 1 is 1.26 bits per heavy atom. The summed E-state index contributed by atoms with van der Waals surface area (Å²) in [5, 5.41) is 13.7. The van der Waals surface area contributed by atoms with Gasteiger partial charge in [-0.15, -0.1) is 10.2 Å². The van der Waals surface area contributed by atoms with Gasteiger partial charge in [-0.05, 0) is 30.7 Å². The number of aryl methyl sites for hydroxylation is 1. The van der Waals surface area contributed by atoms with Crippen LogP contribution in [0.15, 0.2) is 28.8 Å². The lowest BCUT2D eigenvalue weighted by atomic mass is 10.1. The number of amides is 1. The van der Waals surface area contributed by atoms with E-state index in [-0.39, 0.29) is 23.5 Å². The van der Waals surface area contributed by atoms with Gasteiger partial charge in [0.2, 0.25) is 11.8 Å². The van der Waals surface area contributed by atoms with Crippen LogP contribution in [-0.2, 0) is 0 Å². The third-order valence-corrected chi connectivity index (χ3v) is 3.94. The maximum atomic E-state index is 11.8. The smallest absolute Gasteiger partial charge is 0.253 e. The van der Waals surface area contributed by atoms with Crippen LogP contribution in [0.25, 0.3) is 11.5 Å². The van der Waals surface area contributed by atoms with Crippen molar-refractivity contribution in [1.82, 2.24) is 25.5 Å². The maximum absolute atomic E-state index is 11.8. The van der Waals surface area contributed by atoms with Gasteiger partial charge in [-0.2, -0.15) is 4.98 Å². The summed E-state index contributed by atoms with van der Waals surface area (Å²) < 4.78 is 5.59. The van der Waals surface area contributed by atoms with E-state index in [1.165, 1.54) is 6.20 Å². The molecule has 0 atom stereocenters. The largest absolute Gasteiger partial charge is 0.420 e. The topological polar surface area (TPSA) is 132 Å². The van der Waals surface area contributed by atoms with Gasteiger partial charge >= 0.3 is 0 Å². The van der Waals surface area contributed by atoms with Crippen LogP contribution in [-0.4, -0.2) is 33.1 Å². The summed E-state index contributed by atoms with van der Waals surface area (Å²) in [6.45, 7) is 5.78. The number of nitrogens with zero attached hydrogens (tertiary/aromatic N) is 4. The Morgan fingerprint density at radius 2 is 2.04 bits per heavy atom. The maximum Gasteiger partial charge on any atom is 0.253 e. The minimum absolute atomic E-state index is 0.121. The third kappa shape index (κ3) is 3.86. The lowest BCUT2D eigenvalue weighted by Crippen LogP contribution is -2.18. The molecule has 27 heavy (non-hydrogen) atoms. The SMILES string of the molecule is CNC(=O)c1ccc(Nc2ncc(-c3nnc(C(C)C)o3)c(N)n2)cc1C. The summed E-state index contributed by atoms with van der Waals surface area (Å²) in [7, 11) is 1.60. The fourth-order valence-corrected chi connectivity index (χ4v) is 2.46. The molecule has 9 heteroatoms. The van der Waals surface area contributed by atoms with E-state index in [4.69, 9.17) is 10.2 Å². The lowest BCUT2D eigenvalue weighted by Gasteiger charge is -2.10. The molecule has 0 saturated carbocycles. The first-order valence-electron chi connectivity index (χ1n) is 8.45. The normalized spacial score (nSPS) is 10.9. The average Bonchev–Trinajstić information content (AvgIpc) is 3.11. The van der Waals surface area contributed by atoms with Crippen LogP contribution in [0.2, 0.25) is 0 Å². The van der Waals surface area contributed by atoms with E-state index in [1.54, 1.807) is 19.2 Å². The molecule has 2 heterocycles. The molecule has 1 amide bonds. The van der Waals surface area contributed by atoms with E-state index >= 15 is 0 Å². The predicted octanol–water partition coefficient (Wildman–Crippen LogP) is 2.64. The molecule has 4 N–H and O–H groups in total. The molecular weight excluding hydrogens is 346 g/mol. The number of nitrogens with one attached hydrogen (secondary N) is 2. The summed E-state index contributed by atoms with van der Waals surface area (Å²) in [6.07, 6.45) is 1.54. The summed E-state index contributed by atoms with van der Waals surface area (Å²) in [5.74, 6) is 1.35. The fraction of sp³-hybridized carbons (Fsp3) is 0.278. The molecule has 0 aliphatic rings. The zero-order chi connectivity index (χ0) is 19.6. The molecule has 3 rings (SSSR count). The van der Waals surface area contributed by atoms with Crippen molar-refractivity contribution in [2.45, 2.75) is 26.7 Å². The predicted molar refractivity (Wildman–Crippen MR) is 102 cm³/mol. The van der Waals surface area contributed by atoms with Gasteiger partial charge in [0, 0.05) is 30.4 Å². The molecule has 1 aromatic carbocycles. The standard InChI is InChI=1S/C18H21N7O2/c1-9(2)16-24-25-17(27-16)13-8-21-18(23-14(13)19)22-11-5-6-12(10(3)7-11)15(26)20-4/h5-9H,1-4H3,(H,20,26)(H3,19,21,22,23). The first-order valence-corrected chi connectivity index (χ1v) is 8.45. The molecule has 2 aromatic heterocycles. The van der Waals surface area contributed by atoms with E-state index in [2.05, 4.69) is 30.8 Å². The second kappa shape index (κ2) is 7.40. The van der Waals surface area contributed by atoms with Crippen molar-refractivity contribution in [1.29, 1.82) is 0 Å². The van der Waals surface area contributed by atoms with Crippen LogP contribution >= 0.6 is 0 Å². The van der Waals surface area contributed by atoms with E-state index in [1.807, 2.05) is 26.8 Å². The van der Waals surface area contributed by atoms with Gasteiger partial charge in [0.05, 0.1) is 5.56 Å². The van der Waals surface area contributed by atoms with Crippen molar-refractivity contribution >= 4 is 23.4 Å². The quantitative estimate of drug-likeness (QED) is 0.627. The van der Waals surface area contributed by atoms with Gasteiger partial charge in [0.15, 0.2) is 0 Å².